The van der Waals surface area contributed by atoms with E-state index in [1.165, 1.54) is 12.5 Å². The minimum atomic E-state index is -0.443. The standard InChI is InChI=1S/C13H19FN2O.ClH/c14-9-6-10(13(17)11(15)7-9)12(16)8-4-2-1-3-5-8;/h6-8,12,17H,1-5,15-16H2;1H/t12-;/m0./s1. The fraction of sp³-hybridized carbons (Fsp3) is 0.538. The predicted octanol–water partition coefficient (Wildman–Crippen LogP) is 3.12. The highest BCUT2D eigenvalue weighted by Crippen LogP contribution is 2.38. The number of hydrogen-bond acceptors (Lipinski definition) is 3. The Morgan fingerprint density at radius 3 is 2.44 bits per heavy atom. The molecule has 0 aliphatic heterocycles. The summed E-state index contributed by atoms with van der Waals surface area (Å²) in [5, 5.41) is 9.85. The molecule has 0 unspecified atom stereocenters. The van der Waals surface area contributed by atoms with Crippen molar-refractivity contribution in [1.82, 2.24) is 0 Å². The highest BCUT2D eigenvalue weighted by Gasteiger charge is 2.25. The van der Waals surface area contributed by atoms with E-state index in [4.69, 9.17) is 11.5 Å². The zero-order valence-electron chi connectivity index (χ0n) is 10.2. The first-order chi connectivity index (χ1) is 8.09. The molecule has 0 amide bonds. The van der Waals surface area contributed by atoms with Crippen LogP contribution >= 0.6 is 12.4 Å². The molecule has 1 aromatic carbocycles. The molecule has 0 bridgehead atoms. The number of anilines is 1. The third-order valence-electron chi connectivity index (χ3n) is 3.65. The van der Waals surface area contributed by atoms with Crippen LogP contribution in [0.2, 0.25) is 0 Å². The molecule has 1 aliphatic carbocycles. The maximum atomic E-state index is 13.3. The number of hydrogen-bond donors (Lipinski definition) is 3. The van der Waals surface area contributed by atoms with E-state index < -0.39 is 5.82 Å². The lowest BCUT2D eigenvalue weighted by Gasteiger charge is -2.28. The van der Waals surface area contributed by atoms with Gasteiger partial charge in [-0.25, -0.2) is 4.39 Å². The molecule has 0 radical (unpaired) electrons. The van der Waals surface area contributed by atoms with E-state index in [0.717, 1.165) is 31.7 Å². The van der Waals surface area contributed by atoms with E-state index in [2.05, 4.69) is 0 Å². The Morgan fingerprint density at radius 2 is 1.83 bits per heavy atom. The summed E-state index contributed by atoms with van der Waals surface area (Å²) in [4.78, 5) is 0. The second kappa shape index (κ2) is 6.25. The third-order valence-corrected chi connectivity index (χ3v) is 3.65. The largest absolute Gasteiger partial charge is 0.505 e. The highest BCUT2D eigenvalue weighted by molar-refractivity contribution is 5.85. The smallest absolute Gasteiger partial charge is 0.143 e. The summed E-state index contributed by atoms with van der Waals surface area (Å²) in [6, 6.07) is 2.09. The molecule has 3 nitrogen and oxygen atoms in total. The van der Waals surface area contributed by atoms with Crippen LogP contribution in [0.1, 0.15) is 43.7 Å². The van der Waals surface area contributed by atoms with E-state index in [0.29, 0.717) is 11.5 Å². The van der Waals surface area contributed by atoms with Crippen molar-refractivity contribution in [3.63, 3.8) is 0 Å². The van der Waals surface area contributed by atoms with Gasteiger partial charge in [0.05, 0.1) is 5.69 Å². The summed E-state index contributed by atoms with van der Waals surface area (Å²) in [6.45, 7) is 0. The normalized spacial score (nSPS) is 18.1. The molecule has 102 valence electrons. The van der Waals surface area contributed by atoms with E-state index >= 15 is 0 Å². The van der Waals surface area contributed by atoms with Gasteiger partial charge in [0, 0.05) is 17.7 Å². The lowest BCUT2D eigenvalue weighted by molar-refractivity contribution is 0.302. The van der Waals surface area contributed by atoms with Crippen LogP contribution in [-0.4, -0.2) is 5.11 Å². The summed E-state index contributed by atoms with van der Waals surface area (Å²) < 4.78 is 13.3. The van der Waals surface area contributed by atoms with Gasteiger partial charge < -0.3 is 16.6 Å². The van der Waals surface area contributed by atoms with Gasteiger partial charge in [0.25, 0.3) is 0 Å². The van der Waals surface area contributed by atoms with E-state index in [9.17, 15) is 9.50 Å². The van der Waals surface area contributed by atoms with Crippen LogP contribution in [-0.2, 0) is 0 Å². The SMILES string of the molecule is Cl.Nc1cc(F)cc([C@@H](N)C2CCCCC2)c1O. The van der Waals surface area contributed by atoms with Crippen LogP contribution in [0.5, 0.6) is 5.75 Å². The number of benzene rings is 1. The quantitative estimate of drug-likeness (QED) is 0.573. The van der Waals surface area contributed by atoms with Crippen LogP contribution < -0.4 is 11.5 Å². The minimum Gasteiger partial charge on any atom is -0.505 e. The van der Waals surface area contributed by atoms with Gasteiger partial charge >= 0.3 is 0 Å². The molecule has 0 heterocycles. The molecule has 5 N–H and O–H groups in total. The summed E-state index contributed by atoms with van der Waals surface area (Å²) in [6.07, 6.45) is 5.63. The van der Waals surface area contributed by atoms with Crippen LogP contribution in [0.4, 0.5) is 10.1 Å². The summed E-state index contributed by atoms with van der Waals surface area (Å²) in [7, 11) is 0. The number of phenolic OH excluding ortho intramolecular Hbond substituents is 1. The van der Waals surface area contributed by atoms with Crippen molar-refractivity contribution >= 4 is 18.1 Å². The molecule has 0 saturated heterocycles. The zero-order chi connectivity index (χ0) is 12.4. The van der Waals surface area contributed by atoms with Crippen LogP contribution in [0.3, 0.4) is 0 Å². The molecular weight excluding hydrogens is 255 g/mol. The van der Waals surface area contributed by atoms with Crippen molar-refractivity contribution in [1.29, 1.82) is 0 Å². The van der Waals surface area contributed by atoms with Crippen LogP contribution in [0.15, 0.2) is 12.1 Å². The Bertz CT molecular complexity index is 408. The number of nitrogen functional groups attached to an aromatic ring is 1. The monoisotopic (exact) mass is 274 g/mol. The van der Waals surface area contributed by atoms with E-state index in [-0.39, 0.29) is 29.9 Å². The number of aromatic hydroxyl groups is 1. The van der Waals surface area contributed by atoms with Crippen molar-refractivity contribution in [2.24, 2.45) is 11.7 Å². The van der Waals surface area contributed by atoms with Crippen LogP contribution in [0, 0.1) is 11.7 Å². The average Bonchev–Trinajstić information content (AvgIpc) is 2.34. The van der Waals surface area contributed by atoms with Gasteiger partial charge in [-0.2, -0.15) is 0 Å². The molecule has 0 spiro atoms. The second-order valence-corrected chi connectivity index (χ2v) is 4.86. The lowest BCUT2D eigenvalue weighted by Crippen LogP contribution is -2.24. The number of rotatable bonds is 2. The van der Waals surface area contributed by atoms with E-state index in [1.807, 2.05) is 0 Å². The molecule has 0 aromatic heterocycles. The Morgan fingerprint density at radius 1 is 1.22 bits per heavy atom. The fourth-order valence-electron chi connectivity index (χ4n) is 2.64. The Kier molecular flexibility index (Phi) is 5.23. The maximum Gasteiger partial charge on any atom is 0.143 e. The van der Waals surface area contributed by atoms with E-state index in [1.54, 1.807) is 0 Å². The topological polar surface area (TPSA) is 72.3 Å². The average molecular weight is 275 g/mol. The number of nitrogens with two attached hydrogens (primary N) is 2. The van der Waals surface area contributed by atoms with Gasteiger partial charge in [-0.3, -0.25) is 0 Å². The zero-order valence-corrected chi connectivity index (χ0v) is 11.0. The van der Waals surface area contributed by atoms with Gasteiger partial charge in [0.15, 0.2) is 0 Å². The molecule has 1 saturated carbocycles. The van der Waals surface area contributed by atoms with Gasteiger partial charge in [0.2, 0.25) is 0 Å². The Hall–Kier alpha value is -1.00. The van der Waals surface area contributed by atoms with Crippen LogP contribution in [0.25, 0.3) is 0 Å². The van der Waals surface area contributed by atoms with Crippen molar-refractivity contribution in [3.05, 3.63) is 23.5 Å². The summed E-state index contributed by atoms with van der Waals surface area (Å²) >= 11 is 0. The maximum absolute atomic E-state index is 13.3. The molecule has 5 heteroatoms. The van der Waals surface area contributed by atoms with Crippen molar-refractivity contribution in [2.45, 2.75) is 38.1 Å². The fourth-order valence-corrected chi connectivity index (χ4v) is 2.64. The number of halogens is 2. The molecule has 1 aliphatic rings. The van der Waals surface area contributed by atoms with Gasteiger partial charge in [-0.05, 0) is 24.8 Å². The number of phenols is 1. The van der Waals surface area contributed by atoms with Gasteiger partial charge in [-0.1, -0.05) is 19.3 Å². The molecule has 1 fully saturated rings. The predicted molar refractivity (Wildman–Crippen MR) is 73.2 cm³/mol. The molecule has 1 aromatic rings. The van der Waals surface area contributed by atoms with Crippen molar-refractivity contribution in [3.8, 4) is 5.75 Å². The molecule has 1 atom stereocenters. The lowest BCUT2D eigenvalue weighted by atomic mass is 9.81. The molecule has 18 heavy (non-hydrogen) atoms. The van der Waals surface area contributed by atoms with Gasteiger partial charge in [0.1, 0.15) is 11.6 Å². The molecular formula is C13H20ClFN2O. The van der Waals surface area contributed by atoms with Gasteiger partial charge in [-0.15, -0.1) is 12.4 Å². The first-order valence-corrected chi connectivity index (χ1v) is 6.13. The summed E-state index contributed by atoms with van der Waals surface area (Å²) in [5.41, 5.74) is 12.2. The Balaban J connectivity index is 0.00000162. The minimum absolute atomic E-state index is 0. The highest BCUT2D eigenvalue weighted by atomic mass is 35.5. The first-order valence-electron chi connectivity index (χ1n) is 6.13. The third kappa shape index (κ3) is 3.06. The van der Waals surface area contributed by atoms with Crippen molar-refractivity contribution < 1.29 is 9.50 Å². The first kappa shape index (κ1) is 15.1. The summed E-state index contributed by atoms with van der Waals surface area (Å²) in [5.74, 6) is -0.193. The second-order valence-electron chi connectivity index (χ2n) is 4.86. The Labute approximate surface area is 113 Å². The molecule has 2 rings (SSSR count). The van der Waals surface area contributed by atoms with Crippen molar-refractivity contribution in [2.75, 3.05) is 5.73 Å².